The lowest BCUT2D eigenvalue weighted by molar-refractivity contribution is -0.122. The SMILES string of the molecule is CCOc1cc(/C=C2\C(=O)NC(=O)N(c3ccc(Cl)cc3)C2=O)cc(Cl)c1OCC#N. The van der Waals surface area contributed by atoms with Gasteiger partial charge >= 0.3 is 6.03 Å². The summed E-state index contributed by atoms with van der Waals surface area (Å²) in [6, 6.07) is 9.94. The number of nitrogens with zero attached hydrogens (tertiary/aromatic N) is 2. The van der Waals surface area contributed by atoms with E-state index in [4.69, 9.17) is 37.9 Å². The van der Waals surface area contributed by atoms with Gasteiger partial charge in [-0.05, 0) is 55.0 Å². The Hall–Kier alpha value is -3.54. The summed E-state index contributed by atoms with van der Waals surface area (Å²) in [5.74, 6) is -1.25. The van der Waals surface area contributed by atoms with Crippen molar-refractivity contribution >= 4 is 52.8 Å². The molecule has 1 aliphatic rings. The van der Waals surface area contributed by atoms with Gasteiger partial charge in [-0.25, -0.2) is 9.69 Å². The van der Waals surface area contributed by atoms with Gasteiger partial charge in [0.1, 0.15) is 11.6 Å². The molecule has 0 saturated carbocycles. The van der Waals surface area contributed by atoms with Crippen LogP contribution < -0.4 is 19.7 Å². The number of nitriles is 1. The first kappa shape index (κ1) is 22.2. The Morgan fingerprint density at radius 1 is 1.13 bits per heavy atom. The Morgan fingerprint density at radius 3 is 2.48 bits per heavy atom. The number of hydrogen-bond donors (Lipinski definition) is 1. The summed E-state index contributed by atoms with van der Waals surface area (Å²) in [4.78, 5) is 38.4. The van der Waals surface area contributed by atoms with Crippen LogP contribution in [0.2, 0.25) is 10.0 Å². The summed E-state index contributed by atoms with van der Waals surface area (Å²) in [7, 11) is 0. The molecule has 31 heavy (non-hydrogen) atoms. The van der Waals surface area contributed by atoms with Crippen LogP contribution in [-0.2, 0) is 9.59 Å². The zero-order valence-corrected chi connectivity index (χ0v) is 17.7. The molecule has 8 nitrogen and oxygen atoms in total. The molecule has 0 spiro atoms. The number of rotatable bonds is 6. The first-order valence-corrected chi connectivity index (χ1v) is 9.74. The molecule has 4 amide bonds. The number of amides is 4. The van der Waals surface area contributed by atoms with E-state index in [1.54, 1.807) is 6.92 Å². The van der Waals surface area contributed by atoms with E-state index in [1.165, 1.54) is 42.5 Å². The monoisotopic (exact) mass is 459 g/mol. The minimum atomic E-state index is -0.872. The van der Waals surface area contributed by atoms with Gasteiger partial charge in [0, 0.05) is 5.02 Å². The predicted octanol–water partition coefficient (Wildman–Crippen LogP) is 3.96. The fourth-order valence-corrected chi connectivity index (χ4v) is 3.23. The van der Waals surface area contributed by atoms with Crippen LogP contribution in [0.1, 0.15) is 12.5 Å². The van der Waals surface area contributed by atoms with Crippen molar-refractivity contribution in [3.63, 3.8) is 0 Å². The molecule has 1 aliphatic heterocycles. The summed E-state index contributed by atoms with van der Waals surface area (Å²) in [6.07, 6.45) is 1.29. The molecular formula is C21H15Cl2N3O5. The molecular weight excluding hydrogens is 445 g/mol. The van der Waals surface area contributed by atoms with E-state index in [-0.39, 0.29) is 41.0 Å². The van der Waals surface area contributed by atoms with Crippen LogP contribution in [0, 0.1) is 11.3 Å². The second kappa shape index (κ2) is 9.51. The third-order valence-electron chi connectivity index (χ3n) is 4.11. The largest absolute Gasteiger partial charge is 0.490 e. The second-order valence-electron chi connectivity index (χ2n) is 6.14. The quantitative estimate of drug-likeness (QED) is 0.517. The maximum absolute atomic E-state index is 13.0. The number of imide groups is 2. The molecule has 0 bridgehead atoms. The molecule has 1 saturated heterocycles. The topological polar surface area (TPSA) is 109 Å². The van der Waals surface area contributed by atoms with Crippen molar-refractivity contribution in [2.24, 2.45) is 0 Å². The van der Waals surface area contributed by atoms with E-state index in [2.05, 4.69) is 5.32 Å². The van der Waals surface area contributed by atoms with Gasteiger partial charge in [0.2, 0.25) is 0 Å². The van der Waals surface area contributed by atoms with Crippen LogP contribution in [-0.4, -0.2) is 31.1 Å². The lowest BCUT2D eigenvalue weighted by atomic mass is 10.1. The van der Waals surface area contributed by atoms with Crippen molar-refractivity contribution in [1.29, 1.82) is 5.26 Å². The van der Waals surface area contributed by atoms with Crippen LogP contribution in [0.25, 0.3) is 6.08 Å². The summed E-state index contributed by atoms with van der Waals surface area (Å²) >= 11 is 12.1. The van der Waals surface area contributed by atoms with Crippen molar-refractivity contribution < 1.29 is 23.9 Å². The van der Waals surface area contributed by atoms with Gasteiger partial charge in [0.15, 0.2) is 18.1 Å². The number of hydrogen-bond acceptors (Lipinski definition) is 6. The number of carbonyl (C=O) groups excluding carboxylic acids is 3. The summed E-state index contributed by atoms with van der Waals surface area (Å²) in [5, 5.41) is 11.4. The molecule has 2 aromatic carbocycles. The molecule has 0 radical (unpaired) electrons. The molecule has 2 aromatic rings. The highest BCUT2D eigenvalue weighted by molar-refractivity contribution is 6.39. The number of halogens is 2. The van der Waals surface area contributed by atoms with E-state index < -0.39 is 17.8 Å². The Kier molecular flexibility index (Phi) is 6.80. The Labute approximate surface area is 187 Å². The van der Waals surface area contributed by atoms with Gasteiger partial charge in [-0.3, -0.25) is 14.9 Å². The molecule has 0 aromatic heterocycles. The number of nitrogens with one attached hydrogen (secondary N) is 1. The number of ether oxygens (including phenoxy) is 2. The molecule has 1 heterocycles. The van der Waals surface area contributed by atoms with E-state index >= 15 is 0 Å². The fraction of sp³-hybridized carbons (Fsp3) is 0.143. The highest BCUT2D eigenvalue weighted by Gasteiger charge is 2.36. The Bertz CT molecular complexity index is 1120. The molecule has 158 valence electrons. The van der Waals surface area contributed by atoms with E-state index in [0.717, 1.165) is 4.90 Å². The Morgan fingerprint density at radius 2 is 1.84 bits per heavy atom. The molecule has 1 N–H and O–H groups in total. The van der Waals surface area contributed by atoms with Gasteiger partial charge in [0.25, 0.3) is 11.8 Å². The predicted molar refractivity (Wildman–Crippen MR) is 114 cm³/mol. The summed E-state index contributed by atoms with van der Waals surface area (Å²) in [6.45, 7) is 1.80. The fourth-order valence-electron chi connectivity index (χ4n) is 2.83. The third kappa shape index (κ3) is 4.79. The zero-order valence-electron chi connectivity index (χ0n) is 16.1. The smallest absolute Gasteiger partial charge is 0.335 e. The van der Waals surface area contributed by atoms with E-state index in [0.29, 0.717) is 10.6 Å². The van der Waals surface area contributed by atoms with Crippen LogP contribution in [0.15, 0.2) is 42.0 Å². The minimum absolute atomic E-state index is 0.127. The summed E-state index contributed by atoms with van der Waals surface area (Å²) in [5.41, 5.74) is 0.332. The second-order valence-corrected chi connectivity index (χ2v) is 6.99. The number of anilines is 1. The van der Waals surface area contributed by atoms with Crippen LogP contribution >= 0.6 is 23.2 Å². The van der Waals surface area contributed by atoms with E-state index in [1.807, 2.05) is 6.07 Å². The van der Waals surface area contributed by atoms with Gasteiger partial charge in [-0.15, -0.1) is 0 Å². The Balaban J connectivity index is 2.02. The van der Waals surface area contributed by atoms with Crippen LogP contribution in [0.4, 0.5) is 10.5 Å². The summed E-state index contributed by atoms with van der Waals surface area (Å²) < 4.78 is 10.8. The highest BCUT2D eigenvalue weighted by atomic mass is 35.5. The first-order valence-electron chi connectivity index (χ1n) is 8.98. The number of carbonyl (C=O) groups is 3. The van der Waals surface area contributed by atoms with Gasteiger partial charge in [-0.2, -0.15) is 5.26 Å². The average molecular weight is 460 g/mol. The standard InChI is InChI=1S/C21H15Cl2N3O5/c1-2-30-17-11-12(10-16(23)18(17)31-8-7-24)9-15-19(27)25-21(29)26(20(15)28)14-5-3-13(22)4-6-14/h3-6,9-11H,2,8H2,1H3,(H,25,27,29)/b15-9+. The van der Waals surface area contributed by atoms with Crippen LogP contribution in [0.5, 0.6) is 11.5 Å². The zero-order chi connectivity index (χ0) is 22.5. The van der Waals surface area contributed by atoms with Gasteiger partial charge < -0.3 is 9.47 Å². The van der Waals surface area contributed by atoms with Crippen molar-refractivity contribution in [2.75, 3.05) is 18.1 Å². The van der Waals surface area contributed by atoms with E-state index in [9.17, 15) is 14.4 Å². The maximum Gasteiger partial charge on any atom is 0.335 e. The van der Waals surface area contributed by atoms with Crippen molar-refractivity contribution in [2.45, 2.75) is 6.92 Å². The minimum Gasteiger partial charge on any atom is -0.490 e. The number of benzene rings is 2. The number of urea groups is 1. The van der Waals surface area contributed by atoms with Crippen molar-refractivity contribution in [1.82, 2.24) is 5.32 Å². The lowest BCUT2D eigenvalue weighted by Gasteiger charge is -2.26. The molecule has 1 fully saturated rings. The third-order valence-corrected chi connectivity index (χ3v) is 4.64. The van der Waals surface area contributed by atoms with Gasteiger partial charge in [-0.1, -0.05) is 23.2 Å². The van der Waals surface area contributed by atoms with Gasteiger partial charge in [0.05, 0.1) is 17.3 Å². The average Bonchev–Trinajstić information content (AvgIpc) is 2.72. The van der Waals surface area contributed by atoms with Crippen LogP contribution in [0.3, 0.4) is 0 Å². The highest BCUT2D eigenvalue weighted by Crippen LogP contribution is 2.37. The van der Waals surface area contributed by atoms with Crippen molar-refractivity contribution in [3.8, 4) is 17.6 Å². The molecule has 0 atom stereocenters. The molecule has 0 unspecified atom stereocenters. The molecule has 3 rings (SSSR count). The normalized spacial score (nSPS) is 15.0. The lowest BCUT2D eigenvalue weighted by Crippen LogP contribution is -2.54. The van der Waals surface area contributed by atoms with Crippen molar-refractivity contribution in [3.05, 3.63) is 57.6 Å². The first-order chi connectivity index (χ1) is 14.8. The molecule has 10 heteroatoms. The number of barbiturate groups is 1. The molecule has 0 aliphatic carbocycles. The maximum atomic E-state index is 13.0.